The van der Waals surface area contributed by atoms with Crippen LogP contribution in [0, 0.1) is 5.92 Å². The van der Waals surface area contributed by atoms with E-state index in [1.54, 1.807) is 30.3 Å². The van der Waals surface area contributed by atoms with E-state index in [0.29, 0.717) is 22.8 Å². The van der Waals surface area contributed by atoms with Gasteiger partial charge < -0.3 is 15.6 Å². The van der Waals surface area contributed by atoms with Crippen LogP contribution in [0.25, 0.3) is 11.0 Å². The fraction of sp³-hybridized carbons (Fsp3) is 0.429. The molecule has 3 N–H and O–H groups in total. The molecule has 0 saturated heterocycles. The molecule has 154 valence electrons. The van der Waals surface area contributed by atoms with Crippen LogP contribution in [0.5, 0.6) is 0 Å². The van der Waals surface area contributed by atoms with Crippen LogP contribution in [-0.2, 0) is 9.84 Å². The van der Waals surface area contributed by atoms with Crippen LogP contribution >= 0.6 is 0 Å². The fourth-order valence-corrected chi connectivity index (χ4v) is 5.76. The van der Waals surface area contributed by atoms with Crippen LogP contribution in [0.2, 0.25) is 0 Å². The molecule has 0 atom stereocenters. The lowest BCUT2D eigenvalue weighted by atomic mass is 9.89. The molecule has 1 aliphatic carbocycles. The number of nitrogens with zero attached hydrogens (tertiary/aromatic N) is 3. The van der Waals surface area contributed by atoms with E-state index in [2.05, 4.69) is 26.8 Å². The highest BCUT2D eigenvalue weighted by molar-refractivity contribution is 7.92. The minimum atomic E-state index is -3.79. The number of H-pyrrole nitrogens is 1. The molecule has 0 radical (unpaired) electrons. The lowest BCUT2D eigenvalue weighted by molar-refractivity contribution is 0.359. The second-order valence-corrected chi connectivity index (χ2v) is 9.53. The Bertz CT molecular complexity index is 1090. The monoisotopic (exact) mass is 413 g/mol. The molecule has 0 spiro atoms. The standard InChI is InChI=1S/C21H27N5O2S/c1-2-26(13-15-9-5-3-6-10-15)21-18-17(23-14-24-21)19(20(22)25-18)29(27,28)16-11-7-4-8-12-16/h4,7-8,11-12,14-15,25H,2-3,5-6,9-10,13,22H2,1H3. The Morgan fingerprint density at radius 3 is 2.55 bits per heavy atom. The number of nitrogens with one attached hydrogen (secondary N) is 1. The maximum atomic E-state index is 13.2. The highest BCUT2D eigenvalue weighted by Gasteiger charge is 2.29. The quantitative estimate of drug-likeness (QED) is 0.637. The van der Waals surface area contributed by atoms with E-state index in [1.165, 1.54) is 38.4 Å². The Labute approximate surface area is 171 Å². The van der Waals surface area contributed by atoms with Gasteiger partial charge >= 0.3 is 0 Å². The van der Waals surface area contributed by atoms with Gasteiger partial charge in [0.2, 0.25) is 9.84 Å². The smallest absolute Gasteiger partial charge is 0.212 e. The molecule has 1 aromatic carbocycles. The predicted octanol–water partition coefficient (Wildman–Crippen LogP) is 3.78. The predicted molar refractivity (Wildman–Crippen MR) is 115 cm³/mol. The summed E-state index contributed by atoms with van der Waals surface area (Å²) in [7, 11) is -3.79. The van der Waals surface area contributed by atoms with Gasteiger partial charge in [-0.2, -0.15) is 0 Å². The van der Waals surface area contributed by atoms with Crippen molar-refractivity contribution in [3.8, 4) is 0 Å². The minimum Gasteiger partial charge on any atom is -0.384 e. The molecule has 7 nitrogen and oxygen atoms in total. The molecule has 4 rings (SSSR count). The summed E-state index contributed by atoms with van der Waals surface area (Å²) in [5.74, 6) is 1.44. The van der Waals surface area contributed by atoms with Crippen molar-refractivity contribution in [1.29, 1.82) is 0 Å². The zero-order valence-corrected chi connectivity index (χ0v) is 17.5. The van der Waals surface area contributed by atoms with Gasteiger partial charge in [0.25, 0.3) is 0 Å². The van der Waals surface area contributed by atoms with Crippen LogP contribution in [-0.4, -0.2) is 36.5 Å². The summed E-state index contributed by atoms with van der Waals surface area (Å²) < 4.78 is 26.4. The van der Waals surface area contributed by atoms with Crippen molar-refractivity contribution >= 4 is 32.5 Å². The molecule has 1 aliphatic rings. The molecule has 0 unspecified atom stereocenters. The summed E-state index contributed by atoms with van der Waals surface area (Å²) in [6.45, 7) is 3.77. The highest BCUT2D eigenvalue weighted by Crippen LogP contribution is 2.35. The van der Waals surface area contributed by atoms with Gasteiger partial charge in [0.1, 0.15) is 28.1 Å². The maximum Gasteiger partial charge on any atom is 0.212 e. The number of benzene rings is 1. The second kappa shape index (κ2) is 8.02. The molecule has 1 saturated carbocycles. The zero-order valence-electron chi connectivity index (χ0n) is 16.6. The topological polar surface area (TPSA) is 105 Å². The van der Waals surface area contributed by atoms with Crippen LogP contribution < -0.4 is 10.6 Å². The van der Waals surface area contributed by atoms with Crippen molar-refractivity contribution in [3.05, 3.63) is 36.7 Å². The molecule has 2 heterocycles. The number of sulfone groups is 1. The number of anilines is 2. The van der Waals surface area contributed by atoms with Crippen LogP contribution in [0.3, 0.4) is 0 Å². The van der Waals surface area contributed by atoms with Gasteiger partial charge in [-0.3, -0.25) is 0 Å². The first-order valence-electron chi connectivity index (χ1n) is 10.2. The number of aromatic nitrogens is 3. The van der Waals surface area contributed by atoms with E-state index in [0.717, 1.165) is 13.1 Å². The summed E-state index contributed by atoms with van der Waals surface area (Å²) in [5, 5.41) is 0. The molecule has 3 aromatic rings. The van der Waals surface area contributed by atoms with E-state index in [1.807, 2.05) is 0 Å². The first-order valence-corrected chi connectivity index (χ1v) is 11.7. The number of rotatable bonds is 6. The summed E-state index contributed by atoms with van der Waals surface area (Å²) >= 11 is 0. The molecule has 0 amide bonds. The number of aromatic amines is 1. The summed E-state index contributed by atoms with van der Waals surface area (Å²) in [4.78, 5) is 14.3. The number of hydrogen-bond acceptors (Lipinski definition) is 6. The van der Waals surface area contributed by atoms with Crippen LogP contribution in [0.4, 0.5) is 11.6 Å². The highest BCUT2D eigenvalue weighted by atomic mass is 32.2. The Balaban J connectivity index is 1.78. The average molecular weight is 414 g/mol. The molecule has 0 aliphatic heterocycles. The summed E-state index contributed by atoms with van der Waals surface area (Å²) in [6.07, 6.45) is 7.75. The molecule has 29 heavy (non-hydrogen) atoms. The maximum absolute atomic E-state index is 13.2. The van der Waals surface area contributed by atoms with Crippen LogP contribution in [0.1, 0.15) is 39.0 Å². The van der Waals surface area contributed by atoms with Crippen molar-refractivity contribution < 1.29 is 8.42 Å². The SMILES string of the molecule is CCN(CC1CCCCC1)c1ncnc2c(S(=O)(=O)c3ccccc3)c(N)[nH]c12. The van der Waals surface area contributed by atoms with Crippen molar-refractivity contribution in [2.45, 2.75) is 48.8 Å². The first-order chi connectivity index (χ1) is 14.0. The molecule has 0 bridgehead atoms. The van der Waals surface area contributed by atoms with Gasteiger partial charge in [0.05, 0.1) is 4.90 Å². The normalized spacial score (nSPS) is 15.6. The van der Waals surface area contributed by atoms with Crippen molar-refractivity contribution in [2.75, 3.05) is 23.7 Å². The number of nitrogen functional groups attached to an aromatic ring is 1. The Morgan fingerprint density at radius 1 is 1.14 bits per heavy atom. The lowest BCUT2D eigenvalue weighted by Gasteiger charge is -2.29. The number of nitrogens with two attached hydrogens (primary N) is 1. The van der Waals surface area contributed by atoms with Gasteiger partial charge in [-0.05, 0) is 37.8 Å². The average Bonchev–Trinajstić information content (AvgIpc) is 3.10. The van der Waals surface area contributed by atoms with E-state index < -0.39 is 9.84 Å². The minimum absolute atomic E-state index is 0.0241. The molecule has 1 fully saturated rings. The molecule has 2 aromatic heterocycles. The van der Waals surface area contributed by atoms with Gasteiger partial charge in [0, 0.05) is 13.1 Å². The van der Waals surface area contributed by atoms with E-state index in [9.17, 15) is 8.42 Å². The Morgan fingerprint density at radius 2 is 1.86 bits per heavy atom. The third kappa shape index (κ3) is 3.69. The number of hydrogen-bond donors (Lipinski definition) is 2. The summed E-state index contributed by atoms with van der Waals surface area (Å²) in [5.41, 5.74) is 7.08. The first kappa shape index (κ1) is 19.7. The third-order valence-corrected chi connectivity index (χ3v) is 7.60. The van der Waals surface area contributed by atoms with E-state index in [4.69, 9.17) is 5.73 Å². The zero-order chi connectivity index (χ0) is 20.4. The van der Waals surface area contributed by atoms with Gasteiger partial charge in [-0.1, -0.05) is 37.5 Å². The lowest BCUT2D eigenvalue weighted by Crippen LogP contribution is -2.31. The van der Waals surface area contributed by atoms with Gasteiger partial charge in [-0.25, -0.2) is 18.4 Å². The van der Waals surface area contributed by atoms with Crippen molar-refractivity contribution in [2.24, 2.45) is 5.92 Å². The fourth-order valence-electron chi connectivity index (χ4n) is 4.26. The second-order valence-electron chi connectivity index (χ2n) is 7.65. The Kier molecular flexibility index (Phi) is 5.45. The van der Waals surface area contributed by atoms with Gasteiger partial charge in [-0.15, -0.1) is 0 Å². The van der Waals surface area contributed by atoms with E-state index >= 15 is 0 Å². The van der Waals surface area contributed by atoms with E-state index in [-0.39, 0.29) is 15.6 Å². The molecular formula is C21H27N5O2S. The number of fused-ring (bicyclic) bond motifs is 1. The van der Waals surface area contributed by atoms with Gasteiger partial charge in [0.15, 0.2) is 5.82 Å². The van der Waals surface area contributed by atoms with Crippen LogP contribution in [0.15, 0.2) is 46.5 Å². The molecule has 8 heteroatoms. The van der Waals surface area contributed by atoms with Crippen molar-refractivity contribution in [1.82, 2.24) is 15.0 Å². The molecular weight excluding hydrogens is 386 g/mol. The summed E-state index contributed by atoms with van der Waals surface area (Å²) in [6, 6.07) is 8.30. The third-order valence-electron chi connectivity index (χ3n) is 5.75. The largest absolute Gasteiger partial charge is 0.384 e. The Hall–Kier alpha value is -2.61. The van der Waals surface area contributed by atoms with Crippen molar-refractivity contribution in [3.63, 3.8) is 0 Å².